The number of nitrogens with zero attached hydrogens (tertiary/aromatic N) is 1. The van der Waals surface area contributed by atoms with Gasteiger partial charge in [0.1, 0.15) is 4.88 Å². The van der Waals surface area contributed by atoms with Crippen molar-refractivity contribution in [2.24, 2.45) is 0 Å². The van der Waals surface area contributed by atoms with Crippen molar-refractivity contribution in [2.75, 3.05) is 13.2 Å². The van der Waals surface area contributed by atoms with Gasteiger partial charge in [-0.2, -0.15) is 0 Å². The first-order chi connectivity index (χ1) is 7.75. The van der Waals surface area contributed by atoms with Crippen LogP contribution in [0.2, 0.25) is 0 Å². The molecule has 1 aromatic rings. The Morgan fingerprint density at radius 2 is 2.19 bits per heavy atom. The quantitative estimate of drug-likeness (QED) is 0.878. The zero-order chi connectivity index (χ0) is 11.1. The number of aromatic nitrogens is 1. The third-order valence-electron chi connectivity index (χ3n) is 3.11. The molecule has 0 spiro atoms. The van der Waals surface area contributed by atoms with Crippen molar-refractivity contribution in [2.45, 2.75) is 31.1 Å². The predicted octanol–water partition coefficient (Wildman–Crippen LogP) is 2.22. The maximum absolute atomic E-state index is 11.2. The molecular weight excluding hydrogens is 226 g/mol. The van der Waals surface area contributed by atoms with Gasteiger partial charge in [-0.25, -0.2) is 9.78 Å². The predicted molar refractivity (Wildman–Crippen MR) is 59.2 cm³/mol. The molecule has 1 unspecified atom stereocenters. The molecule has 2 heterocycles. The van der Waals surface area contributed by atoms with Gasteiger partial charge < -0.3 is 9.84 Å². The van der Waals surface area contributed by atoms with Gasteiger partial charge in [0.2, 0.25) is 0 Å². The number of hydrogen-bond acceptors (Lipinski definition) is 4. The molecule has 0 bridgehead atoms. The molecule has 4 nitrogen and oxygen atoms in total. The van der Waals surface area contributed by atoms with E-state index in [1.165, 1.54) is 11.3 Å². The summed E-state index contributed by atoms with van der Waals surface area (Å²) in [5, 5.41) is 10.2. The van der Waals surface area contributed by atoms with Crippen LogP contribution in [0.3, 0.4) is 0 Å². The zero-order valence-electron chi connectivity index (χ0n) is 8.81. The molecule has 86 valence electrons. The summed E-state index contributed by atoms with van der Waals surface area (Å²) in [6, 6.07) is 0. The van der Waals surface area contributed by atoms with Gasteiger partial charge in [0, 0.05) is 18.4 Å². The minimum Gasteiger partial charge on any atom is -0.477 e. The van der Waals surface area contributed by atoms with Crippen LogP contribution in [0, 0.1) is 0 Å². The van der Waals surface area contributed by atoms with E-state index in [2.05, 4.69) is 4.98 Å². The maximum atomic E-state index is 11.2. The topological polar surface area (TPSA) is 59.4 Å². The fraction of sp³-hybridized carbons (Fsp3) is 0.636. The van der Waals surface area contributed by atoms with Gasteiger partial charge in [-0.15, -0.1) is 11.3 Å². The molecule has 1 aliphatic heterocycles. The number of rotatable bonds is 3. The molecule has 1 atom stereocenters. The lowest BCUT2D eigenvalue weighted by atomic mass is 10.0. The van der Waals surface area contributed by atoms with Crippen molar-refractivity contribution < 1.29 is 14.6 Å². The summed E-state index contributed by atoms with van der Waals surface area (Å²) < 4.78 is 5.30. The molecule has 1 saturated carbocycles. The number of hydrogen-bond donors (Lipinski definition) is 1. The minimum absolute atomic E-state index is 0.190. The smallest absolute Gasteiger partial charge is 0.347 e. The Kier molecular flexibility index (Phi) is 2.44. The molecule has 0 aromatic carbocycles. The summed E-state index contributed by atoms with van der Waals surface area (Å²) in [5.41, 5.74) is 0.761. The number of ether oxygens (including phenoxy) is 1. The summed E-state index contributed by atoms with van der Waals surface area (Å²) in [4.78, 5) is 16.1. The molecule has 1 saturated heterocycles. The van der Waals surface area contributed by atoms with E-state index in [9.17, 15) is 9.90 Å². The molecular formula is C11H13NO3S. The van der Waals surface area contributed by atoms with Crippen LogP contribution in [0.4, 0.5) is 0 Å². The number of carboxylic acids is 1. The second-order valence-electron chi connectivity index (χ2n) is 4.41. The molecule has 1 aliphatic carbocycles. The van der Waals surface area contributed by atoms with Crippen LogP contribution in [0.25, 0.3) is 0 Å². The number of carboxylic acid groups (broad SMARTS) is 1. The second kappa shape index (κ2) is 3.82. The highest BCUT2D eigenvalue weighted by molar-refractivity contribution is 7.13. The second-order valence-corrected chi connectivity index (χ2v) is 5.44. The average molecular weight is 239 g/mol. The number of carbonyl (C=O) groups is 1. The summed E-state index contributed by atoms with van der Waals surface area (Å²) in [5.74, 6) is -0.125. The summed E-state index contributed by atoms with van der Waals surface area (Å²) >= 11 is 1.36. The van der Waals surface area contributed by atoms with Crippen molar-refractivity contribution in [3.8, 4) is 0 Å². The monoisotopic (exact) mass is 239 g/mol. The van der Waals surface area contributed by atoms with E-state index in [0.717, 1.165) is 36.6 Å². The lowest BCUT2D eigenvalue weighted by molar-refractivity contribution is 0.0700. The zero-order valence-corrected chi connectivity index (χ0v) is 9.63. The van der Waals surface area contributed by atoms with Crippen molar-refractivity contribution in [3.63, 3.8) is 0 Å². The van der Waals surface area contributed by atoms with Crippen LogP contribution in [0.15, 0.2) is 0 Å². The van der Waals surface area contributed by atoms with Crippen molar-refractivity contribution in [1.29, 1.82) is 0 Å². The molecule has 0 radical (unpaired) electrons. The van der Waals surface area contributed by atoms with E-state index in [1.54, 1.807) is 0 Å². The third-order valence-corrected chi connectivity index (χ3v) is 4.33. The van der Waals surface area contributed by atoms with E-state index in [0.29, 0.717) is 17.4 Å². The molecule has 1 aromatic heterocycles. The largest absolute Gasteiger partial charge is 0.477 e. The number of aromatic carboxylic acids is 1. The minimum atomic E-state index is -0.841. The van der Waals surface area contributed by atoms with E-state index in [1.807, 2.05) is 0 Å². The van der Waals surface area contributed by atoms with Gasteiger partial charge in [0.25, 0.3) is 0 Å². The third kappa shape index (κ3) is 1.74. The SMILES string of the molecule is O=C(O)c1sc(C2CC2)nc1C1CCOC1. The van der Waals surface area contributed by atoms with Gasteiger partial charge in [0.15, 0.2) is 0 Å². The average Bonchev–Trinajstić information content (AvgIpc) is 2.83. The van der Waals surface area contributed by atoms with E-state index in [4.69, 9.17) is 4.74 Å². The van der Waals surface area contributed by atoms with Crippen LogP contribution in [-0.4, -0.2) is 29.3 Å². The summed E-state index contributed by atoms with van der Waals surface area (Å²) in [7, 11) is 0. The number of thiazole rings is 1. The van der Waals surface area contributed by atoms with Gasteiger partial charge >= 0.3 is 5.97 Å². The standard InChI is InChI=1S/C11H13NO3S/c13-11(14)9-8(7-3-4-15-5-7)12-10(16-9)6-1-2-6/h6-7H,1-5H2,(H,13,14). The molecule has 3 rings (SSSR count). The van der Waals surface area contributed by atoms with Crippen LogP contribution < -0.4 is 0 Å². The Morgan fingerprint density at radius 1 is 1.38 bits per heavy atom. The van der Waals surface area contributed by atoms with Crippen molar-refractivity contribution in [3.05, 3.63) is 15.6 Å². The molecule has 0 amide bonds. The Labute approximate surface area is 97.3 Å². The fourth-order valence-electron chi connectivity index (χ4n) is 2.03. The van der Waals surface area contributed by atoms with Crippen LogP contribution in [0.1, 0.15) is 51.5 Å². The Morgan fingerprint density at radius 3 is 2.75 bits per heavy atom. The highest BCUT2D eigenvalue weighted by Gasteiger charge is 2.33. The van der Waals surface area contributed by atoms with Gasteiger partial charge in [-0.05, 0) is 19.3 Å². The first-order valence-electron chi connectivity index (χ1n) is 5.57. The van der Waals surface area contributed by atoms with E-state index in [-0.39, 0.29) is 5.92 Å². The van der Waals surface area contributed by atoms with Gasteiger partial charge in [-0.1, -0.05) is 0 Å². The van der Waals surface area contributed by atoms with Gasteiger partial charge in [-0.3, -0.25) is 0 Å². The molecule has 2 fully saturated rings. The highest BCUT2D eigenvalue weighted by Crippen LogP contribution is 2.44. The highest BCUT2D eigenvalue weighted by atomic mass is 32.1. The summed E-state index contributed by atoms with van der Waals surface area (Å²) in [6.45, 7) is 1.34. The first-order valence-corrected chi connectivity index (χ1v) is 6.39. The molecule has 5 heteroatoms. The van der Waals surface area contributed by atoms with E-state index < -0.39 is 5.97 Å². The Hall–Kier alpha value is -0.940. The Bertz CT molecular complexity index is 419. The van der Waals surface area contributed by atoms with Crippen LogP contribution >= 0.6 is 11.3 Å². The van der Waals surface area contributed by atoms with Crippen LogP contribution in [-0.2, 0) is 4.74 Å². The normalized spacial score (nSPS) is 24.9. The van der Waals surface area contributed by atoms with Gasteiger partial charge in [0.05, 0.1) is 17.3 Å². The molecule has 1 N–H and O–H groups in total. The van der Waals surface area contributed by atoms with Crippen molar-refractivity contribution in [1.82, 2.24) is 4.98 Å². The van der Waals surface area contributed by atoms with E-state index >= 15 is 0 Å². The lowest BCUT2D eigenvalue weighted by Crippen LogP contribution is -2.05. The fourth-order valence-corrected chi connectivity index (χ4v) is 3.19. The first kappa shape index (κ1) is 10.2. The lowest BCUT2D eigenvalue weighted by Gasteiger charge is -2.04. The molecule has 2 aliphatic rings. The van der Waals surface area contributed by atoms with Crippen LogP contribution in [0.5, 0.6) is 0 Å². The Balaban J connectivity index is 1.96. The maximum Gasteiger partial charge on any atom is 0.347 e. The van der Waals surface area contributed by atoms with Crippen molar-refractivity contribution >= 4 is 17.3 Å². The molecule has 16 heavy (non-hydrogen) atoms. The summed E-state index contributed by atoms with van der Waals surface area (Å²) in [6.07, 6.45) is 3.22.